The molecular weight excluding hydrogens is 784 g/mol. The zero-order valence-corrected chi connectivity index (χ0v) is 37.3. The van der Waals surface area contributed by atoms with Gasteiger partial charge in [-0.1, -0.05) is 119 Å². The molecule has 3 N–H and O–H groups in total. The summed E-state index contributed by atoms with van der Waals surface area (Å²) in [6.45, 7) is 12.2. The smallest absolute Gasteiger partial charge is 0.262 e. The molecule has 2 aliphatic heterocycles. The fourth-order valence-corrected chi connectivity index (χ4v) is 13.2. The van der Waals surface area contributed by atoms with Crippen LogP contribution in [0.4, 0.5) is 0 Å². The number of hydrogen-bond acceptors (Lipinski definition) is 7. The number of nitrogens with one attached hydrogen (secondary N) is 3. The summed E-state index contributed by atoms with van der Waals surface area (Å²) < 4.78 is 12.4. The van der Waals surface area contributed by atoms with Crippen molar-refractivity contribution >= 4 is 59.7 Å². The van der Waals surface area contributed by atoms with E-state index in [1.54, 1.807) is 32.0 Å². The van der Waals surface area contributed by atoms with E-state index in [1.165, 1.54) is 12.0 Å². The average molecular weight is 846 g/mol. The molecule has 3 aromatic carbocycles. The van der Waals surface area contributed by atoms with E-state index in [-0.39, 0.29) is 29.6 Å². The average Bonchev–Trinajstić information content (AvgIpc) is 3.72. The lowest BCUT2D eigenvalue weighted by molar-refractivity contribution is -0.144. The molecule has 59 heavy (non-hydrogen) atoms. The van der Waals surface area contributed by atoms with E-state index in [0.29, 0.717) is 67.8 Å². The van der Waals surface area contributed by atoms with Crippen molar-refractivity contribution in [2.24, 2.45) is 0 Å². The van der Waals surface area contributed by atoms with Gasteiger partial charge in [0.1, 0.15) is 35.5 Å². The monoisotopic (exact) mass is 844 g/mol. The number of halogens is 1. The summed E-state index contributed by atoms with van der Waals surface area (Å²) in [6.07, 6.45) is 3.13. The van der Waals surface area contributed by atoms with Crippen molar-refractivity contribution in [1.29, 1.82) is 0 Å². The molecule has 3 aromatic rings. The second-order valence-electron chi connectivity index (χ2n) is 17.1. The Morgan fingerprint density at radius 1 is 0.915 bits per heavy atom. The normalized spacial score (nSPS) is 22.3. The Bertz CT molecular complexity index is 1920. The molecule has 2 saturated heterocycles. The molecule has 11 nitrogen and oxygen atoms in total. The van der Waals surface area contributed by atoms with Crippen LogP contribution in [-0.4, -0.2) is 86.1 Å². The number of amides is 4. The van der Waals surface area contributed by atoms with Crippen LogP contribution >= 0.6 is 11.6 Å². The fraction of sp³-hybridized carbons (Fsp3) is 0.500. The predicted molar refractivity (Wildman–Crippen MR) is 233 cm³/mol. The Balaban J connectivity index is 1.26. The quantitative estimate of drug-likeness (QED) is 0.133. The van der Waals surface area contributed by atoms with E-state index in [2.05, 4.69) is 61.0 Å². The van der Waals surface area contributed by atoms with Gasteiger partial charge in [-0.25, -0.2) is 0 Å². The highest BCUT2D eigenvalue weighted by atomic mass is 35.5. The lowest BCUT2D eigenvalue weighted by Crippen LogP contribution is -2.68. The molecule has 0 aliphatic carbocycles. The maximum atomic E-state index is 14.2. The Kier molecular flexibility index (Phi) is 15.2. The largest absolute Gasteiger partial charge is 0.495 e. The molecule has 0 bridgehead atoms. The van der Waals surface area contributed by atoms with Gasteiger partial charge in [-0.05, 0) is 79.1 Å². The standard InChI is InChI=1S/C46H61ClN4O7Si/c1-8-46(6)44(56)49-37(29-32-26-27-35(47)40(30-32)57-7)43(55)51-28-18-24-38(51)42(54)48-36(41(53)50-46)23-16-11-17-25-39(52)31(2)58-59(45(3,4)5,33-19-12-9-13-20-33)34-21-14-10-15-22-34/h9-10,12-15,19-22,26-27,30-31,36-38H,8,11,16-18,23-25,28-29H2,1-7H3,(H,48,54)(H,49,56)(H,50,53)/t31-,36-,37-,38+,46-/m0/s1. The number of hydrogen-bond donors (Lipinski definition) is 3. The van der Waals surface area contributed by atoms with Crippen molar-refractivity contribution in [1.82, 2.24) is 20.9 Å². The lowest BCUT2D eigenvalue weighted by atomic mass is 9.94. The zero-order valence-electron chi connectivity index (χ0n) is 35.6. The summed E-state index contributed by atoms with van der Waals surface area (Å²) in [6, 6.07) is 22.9. The third kappa shape index (κ3) is 10.4. The molecule has 13 heteroatoms. The molecular formula is C46H61ClN4O7Si. The number of carbonyl (C=O) groups is 5. The minimum atomic E-state index is -2.92. The van der Waals surface area contributed by atoms with Crippen LogP contribution in [0, 0.1) is 0 Å². The van der Waals surface area contributed by atoms with Crippen LogP contribution in [0.25, 0.3) is 0 Å². The number of fused-ring (bicyclic) bond motifs is 1. The molecule has 0 saturated carbocycles. The first-order valence-corrected chi connectivity index (χ1v) is 23.2. The molecule has 318 valence electrons. The van der Waals surface area contributed by atoms with Gasteiger partial charge in [0.25, 0.3) is 8.32 Å². The van der Waals surface area contributed by atoms with Gasteiger partial charge in [-0.2, -0.15) is 0 Å². The van der Waals surface area contributed by atoms with Gasteiger partial charge in [-0.15, -0.1) is 0 Å². The summed E-state index contributed by atoms with van der Waals surface area (Å²) in [5.74, 6) is -1.30. The van der Waals surface area contributed by atoms with Gasteiger partial charge in [0.2, 0.25) is 23.6 Å². The van der Waals surface area contributed by atoms with Crippen molar-refractivity contribution in [3.05, 3.63) is 89.4 Å². The van der Waals surface area contributed by atoms with Crippen LogP contribution in [0.5, 0.6) is 5.75 Å². The van der Waals surface area contributed by atoms with E-state index >= 15 is 0 Å². The number of carbonyl (C=O) groups excluding carboxylic acids is 5. The third-order valence-corrected chi connectivity index (χ3v) is 17.4. The van der Waals surface area contributed by atoms with E-state index < -0.39 is 55.8 Å². The topological polar surface area (TPSA) is 143 Å². The van der Waals surface area contributed by atoms with Crippen molar-refractivity contribution < 1.29 is 33.1 Å². The number of nitrogens with zero attached hydrogens (tertiary/aromatic N) is 1. The Morgan fingerprint density at radius 3 is 2.15 bits per heavy atom. The number of Topliss-reactive ketones (excluding diaryl/α,β-unsaturated/α-hetero) is 1. The second kappa shape index (κ2) is 19.7. The van der Waals surface area contributed by atoms with Crippen LogP contribution in [0.2, 0.25) is 10.1 Å². The minimum absolute atomic E-state index is 0.0132. The Hall–Kier alpha value is -4.52. The van der Waals surface area contributed by atoms with Crippen molar-refractivity contribution in [3.8, 4) is 5.75 Å². The first kappa shape index (κ1) is 45.6. The van der Waals surface area contributed by atoms with E-state index in [9.17, 15) is 24.0 Å². The number of ketones is 1. The first-order chi connectivity index (χ1) is 28.0. The van der Waals surface area contributed by atoms with Gasteiger partial charge < -0.3 is 30.0 Å². The minimum Gasteiger partial charge on any atom is -0.495 e. The molecule has 0 unspecified atom stereocenters. The summed E-state index contributed by atoms with van der Waals surface area (Å²) in [5.41, 5.74) is -0.657. The molecule has 2 fully saturated rings. The lowest BCUT2D eigenvalue weighted by Gasteiger charge is -2.44. The van der Waals surface area contributed by atoms with Crippen molar-refractivity contribution in [3.63, 3.8) is 0 Å². The predicted octanol–water partition coefficient (Wildman–Crippen LogP) is 5.63. The third-order valence-electron chi connectivity index (χ3n) is 12.0. The van der Waals surface area contributed by atoms with Crippen LogP contribution in [0.15, 0.2) is 78.9 Å². The number of ether oxygens (including phenoxy) is 1. The van der Waals surface area contributed by atoms with Gasteiger partial charge >= 0.3 is 0 Å². The molecule has 2 heterocycles. The van der Waals surface area contributed by atoms with E-state index in [1.807, 2.05) is 43.3 Å². The van der Waals surface area contributed by atoms with E-state index in [4.69, 9.17) is 20.8 Å². The van der Waals surface area contributed by atoms with Crippen molar-refractivity contribution in [2.45, 2.75) is 134 Å². The van der Waals surface area contributed by atoms with Gasteiger partial charge in [0.15, 0.2) is 5.78 Å². The molecule has 5 atom stereocenters. The molecule has 5 rings (SSSR count). The van der Waals surface area contributed by atoms with Crippen LogP contribution in [-0.2, 0) is 34.8 Å². The number of rotatable bonds is 15. The van der Waals surface area contributed by atoms with Gasteiger partial charge in [0.05, 0.1) is 12.1 Å². The maximum absolute atomic E-state index is 14.2. The van der Waals surface area contributed by atoms with Crippen LogP contribution in [0.3, 0.4) is 0 Å². The summed E-state index contributed by atoms with van der Waals surface area (Å²) in [5, 5.41) is 11.1. The summed E-state index contributed by atoms with van der Waals surface area (Å²) in [4.78, 5) is 71.2. The summed E-state index contributed by atoms with van der Waals surface area (Å²) >= 11 is 6.25. The van der Waals surface area contributed by atoms with E-state index in [0.717, 1.165) is 10.4 Å². The number of methoxy groups -OCH3 is 1. The van der Waals surface area contributed by atoms with Gasteiger partial charge in [0, 0.05) is 19.4 Å². The summed E-state index contributed by atoms with van der Waals surface area (Å²) in [7, 11) is -1.42. The highest BCUT2D eigenvalue weighted by molar-refractivity contribution is 6.99. The fourth-order valence-electron chi connectivity index (χ4n) is 8.34. The maximum Gasteiger partial charge on any atom is 0.262 e. The Morgan fingerprint density at radius 2 is 1.56 bits per heavy atom. The molecule has 2 aliphatic rings. The molecule has 0 aromatic heterocycles. The highest BCUT2D eigenvalue weighted by Gasteiger charge is 2.51. The first-order valence-electron chi connectivity index (χ1n) is 20.9. The molecule has 0 radical (unpaired) electrons. The Labute approximate surface area is 355 Å². The van der Waals surface area contributed by atoms with Crippen LogP contribution in [0.1, 0.15) is 98.5 Å². The molecule has 0 spiro atoms. The number of unbranched alkanes of at least 4 members (excludes halogenated alkanes) is 2. The SMILES string of the molecule is CC[C@]1(C)NC(=O)[C@H](CCCCCC(=O)[C@H](C)O[Si](c2ccccc2)(c2ccccc2)C(C)(C)C)NC(=O)[C@H]2CCCN2C(=O)[C@H](Cc2ccc(Cl)c(OC)c2)NC1=O. The van der Waals surface area contributed by atoms with Crippen LogP contribution < -0.4 is 31.1 Å². The second-order valence-corrected chi connectivity index (χ2v) is 21.8. The molecule has 4 amide bonds. The zero-order chi connectivity index (χ0) is 43.0. The van der Waals surface area contributed by atoms with Crippen molar-refractivity contribution in [2.75, 3.05) is 13.7 Å². The van der Waals surface area contributed by atoms with Gasteiger partial charge in [-0.3, -0.25) is 24.0 Å². The highest BCUT2D eigenvalue weighted by Crippen LogP contribution is 2.38. The number of benzene rings is 3.